The summed E-state index contributed by atoms with van der Waals surface area (Å²) in [6.45, 7) is 1.18. The second-order valence-corrected chi connectivity index (χ2v) is 7.06. The standard InChI is InChI=1S/C18H17BrN2O2/c19-13-5-6-17-15(8-13)16(11-23-17)18(22)21(10-12-3-4-12)14-2-1-7-20-9-14/h1-2,5-9,12,16H,3-4,10-11H2/t16-/m0/s1. The highest BCUT2D eigenvalue weighted by Gasteiger charge is 2.36. The van der Waals surface area contributed by atoms with Gasteiger partial charge in [-0.1, -0.05) is 15.9 Å². The Morgan fingerprint density at radius 2 is 2.22 bits per heavy atom. The molecule has 118 valence electrons. The van der Waals surface area contributed by atoms with E-state index in [1.54, 1.807) is 12.4 Å². The molecule has 1 fully saturated rings. The molecule has 4 rings (SSSR count). The minimum Gasteiger partial charge on any atom is -0.492 e. The molecule has 0 radical (unpaired) electrons. The minimum atomic E-state index is -0.249. The van der Waals surface area contributed by atoms with Gasteiger partial charge in [0.2, 0.25) is 5.91 Å². The number of aromatic nitrogens is 1. The van der Waals surface area contributed by atoms with Crippen molar-refractivity contribution < 1.29 is 9.53 Å². The van der Waals surface area contributed by atoms with E-state index in [4.69, 9.17) is 4.74 Å². The smallest absolute Gasteiger partial charge is 0.238 e. The number of benzene rings is 1. The SMILES string of the molecule is O=C([C@H]1COc2ccc(Br)cc21)N(CC1CC1)c1cccnc1. The Bertz CT molecular complexity index is 731. The van der Waals surface area contributed by atoms with Crippen LogP contribution in [0.2, 0.25) is 0 Å². The van der Waals surface area contributed by atoms with E-state index in [2.05, 4.69) is 20.9 Å². The van der Waals surface area contributed by atoms with Gasteiger partial charge >= 0.3 is 0 Å². The van der Waals surface area contributed by atoms with Gasteiger partial charge in [0.15, 0.2) is 0 Å². The first-order valence-electron chi connectivity index (χ1n) is 7.86. The van der Waals surface area contributed by atoms with Gasteiger partial charge in [-0.05, 0) is 49.1 Å². The molecule has 5 heteroatoms. The zero-order chi connectivity index (χ0) is 15.8. The van der Waals surface area contributed by atoms with Crippen LogP contribution in [0.4, 0.5) is 5.69 Å². The molecule has 0 bridgehead atoms. The van der Waals surface area contributed by atoms with Crippen LogP contribution >= 0.6 is 15.9 Å². The fourth-order valence-corrected chi connectivity index (χ4v) is 3.35. The number of carbonyl (C=O) groups excluding carboxylic acids is 1. The average molecular weight is 373 g/mol. The zero-order valence-electron chi connectivity index (χ0n) is 12.6. The van der Waals surface area contributed by atoms with Gasteiger partial charge in [-0.25, -0.2) is 0 Å². The minimum absolute atomic E-state index is 0.0988. The van der Waals surface area contributed by atoms with E-state index in [9.17, 15) is 4.79 Å². The predicted molar refractivity (Wildman–Crippen MR) is 91.7 cm³/mol. The number of pyridine rings is 1. The lowest BCUT2D eigenvalue weighted by molar-refractivity contribution is -0.120. The molecule has 1 saturated carbocycles. The maximum absolute atomic E-state index is 13.2. The van der Waals surface area contributed by atoms with E-state index >= 15 is 0 Å². The molecule has 0 N–H and O–H groups in total. The molecule has 2 aromatic rings. The lowest BCUT2D eigenvalue weighted by atomic mass is 9.99. The van der Waals surface area contributed by atoms with Crippen molar-refractivity contribution in [3.63, 3.8) is 0 Å². The van der Waals surface area contributed by atoms with E-state index in [1.165, 1.54) is 12.8 Å². The first-order valence-corrected chi connectivity index (χ1v) is 8.65. The molecule has 0 unspecified atom stereocenters. The van der Waals surface area contributed by atoms with E-state index in [0.29, 0.717) is 12.5 Å². The molecule has 23 heavy (non-hydrogen) atoms. The van der Waals surface area contributed by atoms with Crippen LogP contribution in [0.1, 0.15) is 24.3 Å². The summed E-state index contributed by atoms with van der Waals surface area (Å²) in [6, 6.07) is 9.67. The van der Waals surface area contributed by atoms with Crippen LogP contribution in [0, 0.1) is 5.92 Å². The van der Waals surface area contributed by atoms with Crippen molar-refractivity contribution in [2.24, 2.45) is 5.92 Å². The maximum Gasteiger partial charge on any atom is 0.238 e. The van der Waals surface area contributed by atoms with Crippen LogP contribution in [0.15, 0.2) is 47.2 Å². The maximum atomic E-state index is 13.2. The van der Waals surface area contributed by atoms with Crippen LogP contribution in [0.25, 0.3) is 0 Å². The number of anilines is 1. The van der Waals surface area contributed by atoms with Crippen LogP contribution in [-0.2, 0) is 4.79 Å². The molecule has 1 aromatic heterocycles. The van der Waals surface area contributed by atoms with Gasteiger partial charge in [0, 0.05) is 22.8 Å². The number of hydrogen-bond donors (Lipinski definition) is 0. The molecule has 1 atom stereocenters. The van der Waals surface area contributed by atoms with Crippen molar-refractivity contribution in [3.05, 3.63) is 52.8 Å². The highest BCUT2D eigenvalue weighted by molar-refractivity contribution is 9.10. The highest BCUT2D eigenvalue weighted by Crippen LogP contribution is 2.39. The molecular formula is C18H17BrN2O2. The van der Waals surface area contributed by atoms with Gasteiger partial charge in [-0.15, -0.1) is 0 Å². The molecule has 1 aliphatic heterocycles. The molecule has 1 amide bonds. The van der Waals surface area contributed by atoms with Gasteiger partial charge in [-0.2, -0.15) is 0 Å². The largest absolute Gasteiger partial charge is 0.492 e. The third kappa shape index (κ3) is 2.98. The molecule has 2 aliphatic rings. The number of carbonyl (C=O) groups is 1. The monoisotopic (exact) mass is 372 g/mol. The third-order valence-corrected chi connectivity index (χ3v) is 4.91. The van der Waals surface area contributed by atoms with Crippen molar-refractivity contribution in [2.45, 2.75) is 18.8 Å². The summed E-state index contributed by atoms with van der Waals surface area (Å²) >= 11 is 3.48. The second kappa shape index (κ2) is 5.96. The Labute approximate surface area is 143 Å². The van der Waals surface area contributed by atoms with Gasteiger partial charge in [0.05, 0.1) is 11.9 Å². The first kappa shape index (κ1) is 14.7. The topological polar surface area (TPSA) is 42.4 Å². The van der Waals surface area contributed by atoms with Crippen LogP contribution in [0.5, 0.6) is 5.75 Å². The number of ether oxygens (including phenoxy) is 1. The summed E-state index contributed by atoms with van der Waals surface area (Å²) in [6.07, 6.45) is 5.90. The molecule has 2 heterocycles. The van der Waals surface area contributed by atoms with Crippen molar-refractivity contribution in [1.82, 2.24) is 4.98 Å². The van der Waals surface area contributed by atoms with Gasteiger partial charge in [-0.3, -0.25) is 9.78 Å². The second-order valence-electron chi connectivity index (χ2n) is 6.15. The van der Waals surface area contributed by atoms with Gasteiger partial charge < -0.3 is 9.64 Å². The fourth-order valence-electron chi connectivity index (χ4n) is 2.97. The van der Waals surface area contributed by atoms with Crippen molar-refractivity contribution in [3.8, 4) is 5.75 Å². The Hall–Kier alpha value is -1.88. The Morgan fingerprint density at radius 1 is 1.35 bits per heavy atom. The summed E-state index contributed by atoms with van der Waals surface area (Å²) < 4.78 is 6.68. The summed E-state index contributed by atoms with van der Waals surface area (Å²) in [5.41, 5.74) is 1.84. The molecule has 4 nitrogen and oxygen atoms in total. The molecule has 1 aliphatic carbocycles. The van der Waals surface area contributed by atoms with E-state index in [1.807, 2.05) is 35.2 Å². The van der Waals surface area contributed by atoms with Gasteiger partial charge in [0.1, 0.15) is 18.3 Å². The van der Waals surface area contributed by atoms with Crippen molar-refractivity contribution >= 4 is 27.5 Å². The molecule has 0 saturated heterocycles. The lowest BCUT2D eigenvalue weighted by Crippen LogP contribution is -2.37. The Balaban J connectivity index is 1.65. The third-order valence-electron chi connectivity index (χ3n) is 4.41. The van der Waals surface area contributed by atoms with Gasteiger partial charge in [0.25, 0.3) is 0 Å². The Morgan fingerprint density at radius 3 is 2.96 bits per heavy atom. The number of rotatable bonds is 4. The van der Waals surface area contributed by atoms with E-state index < -0.39 is 0 Å². The first-order chi connectivity index (χ1) is 11.2. The quantitative estimate of drug-likeness (QED) is 0.820. The molecule has 0 spiro atoms. The molecular weight excluding hydrogens is 356 g/mol. The van der Waals surface area contributed by atoms with Crippen LogP contribution in [-0.4, -0.2) is 24.0 Å². The van der Waals surface area contributed by atoms with E-state index in [-0.39, 0.29) is 11.8 Å². The fraction of sp³-hybridized carbons (Fsp3) is 0.333. The van der Waals surface area contributed by atoms with Crippen LogP contribution in [0.3, 0.4) is 0 Å². The summed E-state index contributed by atoms with van der Waals surface area (Å²) in [4.78, 5) is 19.2. The zero-order valence-corrected chi connectivity index (χ0v) is 14.2. The van der Waals surface area contributed by atoms with Crippen molar-refractivity contribution in [1.29, 1.82) is 0 Å². The lowest BCUT2D eigenvalue weighted by Gasteiger charge is -2.25. The average Bonchev–Trinajstić information content (AvgIpc) is 3.30. The number of fused-ring (bicyclic) bond motifs is 1. The predicted octanol–water partition coefficient (Wildman–Crippen LogP) is 3.76. The number of hydrogen-bond acceptors (Lipinski definition) is 3. The summed E-state index contributed by atoms with van der Waals surface area (Å²) in [5, 5.41) is 0. The number of amides is 1. The van der Waals surface area contributed by atoms with Crippen molar-refractivity contribution in [2.75, 3.05) is 18.1 Å². The summed E-state index contributed by atoms with van der Waals surface area (Å²) in [5.74, 6) is 1.27. The Kier molecular flexibility index (Phi) is 3.81. The molecule has 1 aromatic carbocycles. The number of nitrogens with zero attached hydrogens (tertiary/aromatic N) is 2. The van der Waals surface area contributed by atoms with Crippen LogP contribution < -0.4 is 9.64 Å². The summed E-state index contributed by atoms with van der Waals surface area (Å²) in [7, 11) is 0. The van der Waals surface area contributed by atoms with E-state index in [0.717, 1.165) is 28.0 Å². The normalized spacial score (nSPS) is 19.1. The highest BCUT2D eigenvalue weighted by atomic mass is 79.9. The number of halogens is 1.